The lowest BCUT2D eigenvalue weighted by Gasteiger charge is -1.99. The number of rotatable bonds is 5. The van der Waals surface area contributed by atoms with Gasteiger partial charge in [-0.2, -0.15) is 0 Å². The molecule has 0 aliphatic heterocycles. The predicted molar refractivity (Wildman–Crippen MR) is 63.6 cm³/mol. The maximum atomic E-state index is 9.79. The molecule has 0 bridgehead atoms. The number of Topliss-reactive ketones (excluding diaryl/α,β-unsaturated/α-hetero) is 2. The van der Waals surface area contributed by atoms with Crippen LogP contribution in [0.2, 0.25) is 0 Å². The smallest absolute Gasteiger partial charge is 0.290 e. The highest BCUT2D eigenvalue weighted by molar-refractivity contribution is 6.57. The monoisotopic (exact) mass is 247 g/mol. The lowest BCUT2D eigenvalue weighted by atomic mass is 10.2. The molecular weight excluding hydrogens is 226 g/mol. The Morgan fingerprint density at radius 1 is 1.35 bits per heavy atom. The molecule has 0 aromatic carbocycles. The van der Waals surface area contributed by atoms with Crippen molar-refractivity contribution in [2.45, 2.75) is 46.1 Å². The zero-order valence-corrected chi connectivity index (χ0v) is 10.5. The Hall–Kier alpha value is -1.56. The molecule has 0 rings (SSSR count). The molecule has 0 aliphatic carbocycles. The molecule has 100 valence electrons. The van der Waals surface area contributed by atoms with Crippen LogP contribution in [0.5, 0.6) is 0 Å². The Balaban J connectivity index is -0.000000188. The molecule has 1 atom stereocenters. The first kappa shape index (κ1) is 20.8. The maximum absolute atomic E-state index is 9.79. The van der Waals surface area contributed by atoms with E-state index in [0.717, 1.165) is 6.92 Å². The highest BCUT2D eigenvalue weighted by atomic mass is 16.3. The average Bonchev–Trinajstić information content (AvgIpc) is 2.27. The average molecular weight is 247 g/mol. The molecule has 0 radical (unpaired) electrons. The summed E-state index contributed by atoms with van der Waals surface area (Å²) >= 11 is 0. The second kappa shape index (κ2) is 16.9. The van der Waals surface area contributed by atoms with Gasteiger partial charge in [-0.15, -0.1) is 0 Å². The lowest BCUT2D eigenvalue weighted by Crippen LogP contribution is -2.13. The highest BCUT2D eigenvalue weighted by Gasteiger charge is 2.02. The van der Waals surface area contributed by atoms with Crippen LogP contribution in [0.1, 0.15) is 40.0 Å². The van der Waals surface area contributed by atoms with Crippen molar-refractivity contribution in [3.63, 3.8) is 0 Å². The highest BCUT2D eigenvalue weighted by Crippen LogP contribution is 1.95. The van der Waals surface area contributed by atoms with Crippen molar-refractivity contribution in [2.75, 3.05) is 0 Å². The summed E-state index contributed by atoms with van der Waals surface area (Å²) in [5.74, 6) is -1.69. The molecule has 6 nitrogen and oxygen atoms in total. The topological polar surface area (TPSA) is 115 Å². The molecule has 6 heteroatoms. The molecule has 0 aromatic heterocycles. The Labute approximate surface area is 101 Å². The third-order valence-corrected chi connectivity index (χ3v) is 1.47. The maximum Gasteiger partial charge on any atom is 0.290 e. The first-order valence-electron chi connectivity index (χ1n) is 5.20. The molecule has 0 fully saturated rings. The molecule has 0 saturated carbocycles. The summed E-state index contributed by atoms with van der Waals surface area (Å²) in [5.41, 5.74) is 5.48. The molecule has 0 aliphatic rings. The van der Waals surface area contributed by atoms with Crippen LogP contribution in [0.3, 0.4) is 0 Å². The number of carbonyl (C=O) groups is 4. The van der Waals surface area contributed by atoms with Crippen LogP contribution in [0.15, 0.2) is 0 Å². The second-order valence-corrected chi connectivity index (χ2v) is 3.26. The molecule has 0 saturated heterocycles. The number of ketones is 2. The molecular formula is C11H21NO5. The van der Waals surface area contributed by atoms with Gasteiger partial charge >= 0.3 is 0 Å². The number of aldehydes is 1. The molecule has 1 unspecified atom stereocenters. The summed E-state index contributed by atoms with van der Waals surface area (Å²) in [7, 11) is 0. The SMILES string of the molecule is CC(=O)C(=O)C=O.CCCCC(C)N.O=CO. The Bertz CT molecular complexity index is 226. The number of unbranched alkanes of at least 4 members (excludes halogenated alkanes) is 1. The van der Waals surface area contributed by atoms with Gasteiger partial charge in [0.15, 0.2) is 6.29 Å². The Morgan fingerprint density at radius 3 is 1.82 bits per heavy atom. The van der Waals surface area contributed by atoms with Crippen molar-refractivity contribution in [2.24, 2.45) is 5.73 Å². The van der Waals surface area contributed by atoms with E-state index in [1.165, 1.54) is 19.3 Å². The van der Waals surface area contributed by atoms with E-state index in [4.69, 9.17) is 15.6 Å². The van der Waals surface area contributed by atoms with Gasteiger partial charge in [-0.05, 0) is 13.3 Å². The number of carbonyl (C=O) groups excluding carboxylic acids is 3. The molecule has 3 N–H and O–H groups in total. The van der Waals surface area contributed by atoms with E-state index in [1.54, 1.807) is 0 Å². The summed E-state index contributed by atoms with van der Waals surface area (Å²) < 4.78 is 0. The molecule has 0 aromatic rings. The van der Waals surface area contributed by atoms with Crippen LogP contribution in [0.25, 0.3) is 0 Å². The van der Waals surface area contributed by atoms with Crippen LogP contribution in [-0.4, -0.2) is 35.5 Å². The summed E-state index contributed by atoms with van der Waals surface area (Å²) in [5, 5.41) is 6.89. The van der Waals surface area contributed by atoms with Crippen molar-refractivity contribution in [3.8, 4) is 0 Å². The number of hydrogen-bond donors (Lipinski definition) is 2. The Kier molecular flexibility index (Phi) is 20.6. The predicted octanol–water partition coefficient (Wildman–Crippen LogP) is 0.568. The van der Waals surface area contributed by atoms with Gasteiger partial charge in [0.25, 0.3) is 12.3 Å². The summed E-state index contributed by atoms with van der Waals surface area (Å²) in [4.78, 5) is 37.3. The number of carboxylic acid groups (broad SMARTS) is 1. The summed E-state index contributed by atoms with van der Waals surface area (Å²) in [6.07, 6.45) is 3.72. The van der Waals surface area contributed by atoms with Gasteiger partial charge in [0.1, 0.15) is 0 Å². The lowest BCUT2D eigenvalue weighted by molar-refractivity contribution is -0.139. The molecule has 0 spiro atoms. The van der Waals surface area contributed by atoms with Gasteiger partial charge < -0.3 is 10.8 Å². The van der Waals surface area contributed by atoms with Crippen LogP contribution >= 0.6 is 0 Å². The minimum absolute atomic E-state index is 0.00231. The zero-order chi connectivity index (χ0) is 14.3. The minimum atomic E-state index is -0.972. The minimum Gasteiger partial charge on any atom is -0.483 e. The first-order chi connectivity index (χ1) is 7.87. The van der Waals surface area contributed by atoms with Gasteiger partial charge in [0, 0.05) is 13.0 Å². The van der Waals surface area contributed by atoms with Crippen molar-refractivity contribution < 1.29 is 24.3 Å². The van der Waals surface area contributed by atoms with E-state index in [1.807, 2.05) is 0 Å². The largest absolute Gasteiger partial charge is 0.483 e. The van der Waals surface area contributed by atoms with Crippen LogP contribution in [0.4, 0.5) is 0 Å². The summed E-state index contributed by atoms with van der Waals surface area (Å²) in [6, 6.07) is 0.403. The number of nitrogens with two attached hydrogens (primary N) is 1. The fourth-order valence-corrected chi connectivity index (χ4v) is 0.609. The third kappa shape index (κ3) is 31.4. The third-order valence-electron chi connectivity index (χ3n) is 1.47. The van der Waals surface area contributed by atoms with Gasteiger partial charge in [-0.3, -0.25) is 19.2 Å². The fraction of sp³-hybridized carbons (Fsp3) is 0.636. The quantitative estimate of drug-likeness (QED) is 0.417. The standard InChI is InChI=1S/C6H15N.C4H4O3.CH2O2/c1-3-4-5-6(2)7;1-3(6)4(7)2-5;2-1-3/h6H,3-5,7H2,1-2H3;2H,1H3;1H,(H,2,3). The molecule has 17 heavy (non-hydrogen) atoms. The fourth-order valence-electron chi connectivity index (χ4n) is 0.609. The van der Waals surface area contributed by atoms with Gasteiger partial charge in [-0.1, -0.05) is 19.8 Å². The van der Waals surface area contributed by atoms with Crippen molar-refractivity contribution in [3.05, 3.63) is 0 Å². The van der Waals surface area contributed by atoms with Crippen LogP contribution < -0.4 is 5.73 Å². The van der Waals surface area contributed by atoms with E-state index in [2.05, 4.69) is 13.8 Å². The van der Waals surface area contributed by atoms with Crippen molar-refractivity contribution in [1.29, 1.82) is 0 Å². The Morgan fingerprint density at radius 2 is 1.76 bits per heavy atom. The second-order valence-electron chi connectivity index (χ2n) is 3.26. The van der Waals surface area contributed by atoms with Gasteiger partial charge in [-0.25, -0.2) is 0 Å². The molecule has 0 amide bonds. The van der Waals surface area contributed by atoms with E-state index >= 15 is 0 Å². The van der Waals surface area contributed by atoms with E-state index < -0.39 is 11.6 Å². The first-order valence-corrected chi connectivity index (χ1v) is 5.20. The normalized spacial score (nSPS) is 9.65. The van der Waals surface area contributed by atoms with Crippen molar-refractivity contribution >= 4 is 24.3 Å². The molecule has 0 heterocycles. The van der Waals surface area contributed by atoms with Gasteiger partial charge in [0.05, 0.1) is 0 Å². The van der Waals surface area contributed by atoms with E-state index in [9.17, 15) is 14.4 Å². The van der Waals surface area contributed by atoms with Crippen LogP contribution in [-0.2, 0) is 19.2 Å². The van der Waals surface area contributed by atoms with Crippen LogP contribution in [0, 0.1) is 0 Å². The van der Waals surface area contributed by atoms with Gasteiger partial charge in [0.2, 0.25) is 5.78 Å². The van der Waals surface area contributed by atoms with Crippen molar-refractivity contribution in [1.82, 2.24) is 0 Å². The number of hydrogen-bond acceptors (Lipinski definition) is 5. The zero-order valence-electron chi connectivity index (χ0n) is 10.5. The van der Waals surface area contributed by atoms with E-state index in [-0.39, 0.29) is 12.8 Å². The summed E-state index contributed by atoms with van der Waals surface area (Å²) in [6.45, 7) is 5.04. The van der Waals surface area contributed by atoms with E-state index in [0.29, 0.717) is 6.04 Å².